The molecule has 7 nitrogen and oxygen atoms in total. The summed E-state index contributed by atoms with van der Waals surface area (Å²) in [7, 11) is -4.27. The van der Waals surface area contributed by atoms with E-state index in [4.69, 9.17) is 0 Å². The van der Waals surface area contributed by atoms with E-state index < -0.39 is 37.8 Å². The third-order valence-electron chi connectivity index (χ3n) is 1.57. The monoisotopic (exact) mass is 253 g/mol. The number of pyridine rings is 1. The van der Waals surface area contributed by atoms with Gasteiger partial charge in [0.15, 0.2) is 10.7 Å². The molecule has 0 aromatic carbocycles. The lowest BCUT2D eigenvalue weighted by molar-refractivity contribution is -0.386. The van der Waals surface area contributed by atoms with Gasteiger partial charge in [0, 0.05) is 6.07 Å². The third kappa shape index (κ3) is 2.46. The van der Waals surface area contributed by atoms with Crippen LogP contribution in [0.4, 0.5) is 14.5 Å². The second-order valence-corrected chi connectivity index (χ2v) is 4.16. The van der Waals surface area contributed by atoms with Crippen LogP contribution < -0.4 is 5.14 Å². The molecule has 2 N–H and O–H groups in total. The number of alkyl halides is 2. The molecular weight excluding hydrogens is 248 g/mol. The van der Waals surface area contributed by atoms with Crippen LogP contribution in [0.15, 0.2) is 17.2 Å². The Bertz CT molecular complexity index is 531. The first-order chi connectivity index (χ1) is 7.23. The maximum atomic E-state index is 12.4. The van der Waals surface area contributed by atoms with E-state index in [1.165, 1.54) is 0 Å². The Balaban J connectivity index is 3.46. The minimum Gasteiger partial charge on any atom is -0.258 e. The molecule has 0 spiro atoms. The van der Waals surface area contributed by atoms with Gasteiger partial charge in [-0.05, 0) is 6.07 Å². The molecule has 0 aliphatic carbocycles. The van der Waals surface area contributed by atoms with Gasteiger partial charge in [-0.1, -0.05) is 0 Å². The van der Waals surface area contributed by atoms with Gasteiger partial charge in [-0.3, -0.25) is 10.1 Å². The van der Waals surface area contributed by atoms with Crippen molar-refractivity contribution in [3.63, 3.8) is 0 Å². The quantitative estimate of drug-likeness (QED) is 0.624. The van der Waals surface area contributed by atoms with Crippen molar-refractivity contribution in [3.05, 3.63) is 27.9 Å². The summed E-state index contributed by atoms with van der Waals surface area (Å²) in [5.41, 5.74) is -2.18. The highest BCUT2D eigenvalue weighted by Gasteiger charge is 2.26. The average molecular weight is 253 g/mol. The van der Waals surface area contributed by atoms with Gasteiger partial charge in [0.05, 0.1) is 4.92 Å². The Kier molecular flexibility index (Phi) is 3.14. The Labute approximate surface area is 88.1 Å². The van der Waals surface area contributed by atoms with Crippen molar-refractivity contribution in [2.24, 2.45) is 5.14 Å². The van der Waals surface area contributed by atoms with Crippen molar-refractivity contribution in [3.8, 4) is 0 Å². The topological polar surface area (TPSA) is 116 Å². The van der Waals surface area contributed by atoms with E-state index >= 15 is 0 Å². The van der Waals surface area contributed by atoms with Crippen LogP contribution in [0.25, 0.3) is 0 Å². The van der Waals surface area contributed by atoms with Gasteiger partial charge in [-0.25, -0.2) is 27.3 Å². The van der Waals surface area contributed by atoms with Crippen LogP contribution in [0.5, 0.6) is 0 Å². The highest BCUT2D eigenvalue weighted by Crippen LogP contribution is 2.27. The van der Waals surface area contributed by atoms with Crippen molar-refractivity contribution in [1.29, 1.82) is 0 Å². The average Bonchev–Trinajstić information content (AvgIpc) is 2.15. The smallest absolute Gasteiger partial charge is 0.258 e. The molecule has 0 saturated carbocycles. The third-order valence-corrected chi connectivity index (χ3v) is 2.38. The highest BCUT2D eigenvalue weighted by molar-refractivity contribution is 7.89. The van der Waals surface area contributed by atoms with E-state index in [9.17, 15) is 27.3 Å². The Hall–Kier alpha value is -1.68. The zero-order chi connectivity index (χ0) is 12.5. The number of aromatic nitrogens is 1. The van der Waals surface area contributed by atoms with Gasteiger partial charge in [-0.2, -0.15) is 0 Å². The molecule has 1 heterocycles. The van der Waals surface area contributed by atoms with E-state index in [1.807, 2.05) is 0 Å². The summed E-state index contributed by atoms with van der Waals surface area (Å²) in [4.78, 5) is 12.2. The van der Waals surface area contributed by atoms with Crippen LogP contribution in [0.1, 0.15) is 12.1 Å². The van der Waals surface area contributed by atoms with Crippen molar-refractivity contribution in [1.82, 2.24) is 4.98 Å². The fourth-order valence-corrected chi connectivity index (χ4v) is 1.41. The molecule has 1 aromatic rings. The Morgan fingerprint density at radius 1 is 1.44 bits per heavy atom. The first-order valence-corrected chi connectivity index (χ1v) is 5.24. The molecule has 1 rings (SSSR count). The van der Waals surface area contributed by atoms with E-state index in [2.05, 4.69) is 10.1 Å². The Morgan fingerprint density at radius 2 is 2.00 bits per heavy atom. The second-order valence-electron chi connectivity index (χ2n) is 2.66. The maximum absolute atomic E-state index is 12.4. The number of nitro groups is 1. The molecule has 0 bridgehead atoms. The molecule has 0 aliphatic rings. The lowest BCUT2D eigenvalue weighted by Crippen LogP contribution is -2.15. The number of hydrogen-bond donors (Lipinski definition) is 1. The van der Waals surface area contributed by atoms with Crippen molar-refractivity contribution in [2.45, 2.75) is 11.5 Å². The standard InChI is InChI=1S/C6H5F2N3O4S/c7-6(8)5-3(11(12)13)1-2-4(10-5)16(9,14)15/h1-2,6H,(H2,9,14,15). The molecular formula is C6H5F2N3O4S. The SMILES string of the molecule is NS(=O)(=O)c1ccc([N+](=O)[O-])c(C(F)F)n1. The molecule has 0 amide bonds. The fraction of sp³-hybridized carbons (Fsp3) is 0.167. The first-order valence-electron chi connectivity index (χ1n) is 3.69. The number of primary sulfonamides is 1. The molecule has 0 unspecified atom stereocenters. The predicted molar refractivity (Wildman–Crippen MR) is 47.2 cm³/mol. The normalized spacial score (nSPS) is 11.8. The number of nitrogens with zero attached hydrogens (tertiary/aromatic N) is 2. The van der Waals surface area contributed by atoms with Crippen LogP contribution in [0.2, 0.25) is 0 Å². The summed E-state index contributed by atoms with van der Waals surface area (Å²) in [5, 5.41) is 14.1. The van der Waals surface area contributed by atoms with E-state index in [0.29, 0.717) is 12.1 Å². The number of halogens is 2. The summed E-state index contributed by atoms with van der Waals surface area (Å²) in [5.74, 6) is 0. The number of nitrogens with two attached hydrogens (primary N) is 1. The van der Waals surface area contributed by atoms with Crippen molar-refractivity contribution >= 4 is 15.7 Å². The van der Waals surface area contributed by atoms with Gasteiger partial charge in [0.1, 0.15) is 0 Å². The molecule has 88 valence electrons. The molecule has 1 aromatic heterocycles. The van der Waals surface area contributed by atoms with Crippen LogP contribution in [-0.2, 0) is 10.0 Å². The van der Waals surface area contributed by atoms with Gasteiger partial charge in [0.2, 0.25) is 0 Å². The minimum atomic E-state index is -4.27. The van der Waals surface area contributed by atoms with Crippen LogP contribution in [-0.4, -0.2) is 18.3 Å². The molecule has 10 heteroatoms. The fourth-order valence-electron chi connectivity index (χ4n) is 0.922. The molecule has 0 saturated heterocycles. The zero-order valence-corrected chi connectivity index (χ0v) is 8.32. The van der Waals surface area contributed by atoms with Crippen LogP contribution >= 0.6 is 0 Å². The van der Waals surface area contributed by atoms with Crippen LogP contribution in [0, 0.1) is 10.1 Å². The largest absolute Gasteiger partial charge is 0.296 e. The first kappa shape index (κ1) is 12.4. The number of hydrogen-bond acceptors (Lipinski definition) is 5. The van der Waals surface area contributed by atoms with Gasteiger partial charge < -0.3 is 0 Å². The molecule has 16 heavy (non-hydrogen) atoms. The van der Waals surface area contributed by atoms with Crippen molar-refractivity contribution < 1.29 is 22.1 Å². The summed E-state index contributed by atoms with van der Waals surface area (Å²) in [6, 6.07) is 1.31. The molecule has 0 atom stereocenters. The van der Waals surface area contributed by atoms with Gasteiger partial charge >= 0.3 is 0 Å². The predicted octanol–water partition coefficient (Wildman–Crippen LogP) is 0.575. The number of sulfonamides is 1. The minimum absolute atomic E-state index is 0.619. The highest BCUT2D eigenvalue weighted by atomic mass is 32.2. The molecule has 0 radical (unpaired) electrons. The lowest BCUT2D eigenvalue weighted by Gasteiger charge is -2.02. The summed E-state index contributed by atoms with van der Waals surface area (Å²) >= 11 is 0. The Morgan fingerprint density at radius 3 is 2.38 bits per heavy atom. The summed E-state index contributed by atoms with van der Waals surface area (Å²) in [6.07, 6.45) is -3.26. The van der Waals surface area contributed by atoms with E-state index in [1.54, 1.807) is 0 Å². The van der Waals surface area contributed by atoms with E-state index in [0.717, 1.165) is 0 Å². The second kappa shape index (κ2) is 4.06. The maximum Gasteiger partial charge on any atom is 0.296 e. The van der Waals surface area contributed by atoms with E-state index in [-0.39, 0.29) is 0 Å². The lowest BCUT2D eigenvalue weighted by atomic mass is 10.3. The summed E-state index contributed by atoms with van der Waals surface area (Å²) < 4.78 is 46.3. The zero-order valence-electron chi connectivity index (χ0n) is 7.50. The van der Waals surface area contributed by atoms with Crippen LogP contribution in [0.3, 0.4) is 0 Å². The van der Waals surface area contributed by atoms with Gasteiger partial charge in [-0.15, -0.1) is 0 Å². The molecule has 0 aliphatic heterocycles. The number of rotatable bonds is 3. The van der Waals surface area contributed by atoms with Crippen molar-refractivity contribution in [2.75, 3.05) is 0 Å². The molecule has 0 fully saturated rings. The summed E-state index contributed by atoms with van der Waals surface area (Å²) in [6.45, 7) is 0. The van der Waals surface area contributed by atoms with Gasteiger partial charge in [0.25, 0.3) is 22.1 Å².